The Bertz CT molecular complexity index is 1260. The normalized spacial score (nSPS) is 17.1. The summed E-state index contributed by atoms with van der Waals surface area (Å²) in [5.41, 5.74) is 1.98. The molecule has 2 aliphatic heterocycles. The Balaban J connectivity index is 1.26. The maximum atomic E-state index is 12.8. The van der Waals surface area contributed by atoms with Crippen molar-refractivity contribution < 1.29 is 17.9 Å². The third-order valence-corrected chi connectivity index (χ3v) is 8.15. The van der Waals surface area contributed by atoms with Crippen LogP contribution >= 0.6 is 0 Å². The van der Waals surface area contributed by atoms with E-state index in [0.717, 1.165) is 43.0 Å². The van der Waals surface area contributed by atoms with E-state index in [0.29, 0.717) is 37.6 Å². The molecule has 1 fully saturated rings. The van der Waals surface area contributed by atoms with Crippen LogP contribution in [0.2, 0.25) is 0 Å². The molecule has 10 heteroatoms. The zero-order valence-corrected chi connectivity index (χ0v) is 19.6. The molecule has 9 nitrogen and oxygen atoms in total. The van der Waals surface area contributed by atoms with Crippen molar-refractivity contribution in [1.82, 2.24) is 19.1 Å². The Morgan fingerprint density at radius 1 is 0.882 bits per heavy atom. The smallest absolute Gasteiger partial charge is 0.255 e. The first-order valence-corrected chi connectivity index (χ1v) is 13.0. The van der Waals surface area contributed by atoms with Crippen LogP contribution in [0.25, 0.3) is 11.4 Å². The highest BCUT2D eigenvalue weighted by molar-refractivity contribution is 7.89. The molecule has 0 spiro atoms. The number of amides is 1. The minimum absolute atomic E-state index is 0.169. The van der Waals surface area contributed by atoms with Crippen LogP contribution in [0.1, 0.15) is 35.4 Å². The molecular weight excluding hydrogens is 454 g/mol. The van der Waals surface area contributed by atoms with Crippen LogP contribution in [0, 0.1) is 0 Å². The standard InChI is InChI=1S/C24H27N5O4S/c30-24(19-7-11-21(12-8-19)34(31,32)28-14-16-33-17-15-28)25-20-9-5-18(6-10-20)23-27-26-22-4-2-1-3-13-29(22)23/h5-12H,1-4,13-17H2,(H,25,30). The summed E-state index contributed by atoms with van der Waals surface area (Å²) in [6.07, 6.45) is 4.42. The number of hydrogen-bond acceptors (Lipinski definition) is 6. The van der Waals surface area contributed by atoms with Crippen molar-refractivity contribution in [2.45, 2.75) is 37.1 Å². The summed E-state index contributed by atoms with van der Waals surface area (Å²) >= 11 is 0. The van der Waals surface area contributed by atoms with Gasteiger partial charge in [0, 0.05) is 42.9 Å². The molecule has 0 aliphatic carbocycles. The van der Waals surface area contributed by atoms with Gasteiger partial charge in [-0.25, -0.2) is 8.42 Å². The number of carbonyl (C=O) groups is 1. The number of anilines is 1. The summed E-state index contributed by atoms with van der Waals surface area (Å²) in [4.78, 5) is 12.9. The van der Waals surface area contributed by atoms with Gasteiger partial charge in [-0.15, -0.1) is 10.2 Å². The highest BCUT2D eigenvalue weighted by atomic mass is 32.2. The van der Waals surface area contributed by atoms with Crippen LogP contribution in [0.4, 0.5) is 5.69 Å². The molecular formula is C24H27N5O4S. The van der Waals surface area contributed by atoms with Crippen molar-refractivity contribution in [3.8, 4) is 11.4 Å². The fourth-order valence-electron chi connectivity index (χ4n) is 4.32. The first-order chi connectivity index (χ1) is 16.5. The van der Waals surface area contributed by atoms with E-state index < -0.39 is 10.0 Å². The number of aryl methyl sites for hydroxylation is 1. The predicted molar refractivity (Wildman–Crippen MR) is 127 cm³/mol. The van der Waals surface area contributed by atoms with Gasteiger partial charge in [0.15, 0.2) is 5.82 Å². The number of carbonyl (C=O) groups excluding carboxylic acids is 1. The van der Waals surface area contributed by atoms with Gasteiger partial charge in [-0.3, -0.25) is 4.79 Å². The van der Waals surface area contributed by atoms with E-state index in [1.165, 1.54) is 35.0 Å². The molecule has 3 aromatic rings. The summed E-state index contributed by atoms with van der Waals surface area (Å²) < 4.78 is 34.3. The van der Waals surface area contributed by atoms with E-state index in [-0.39, 0.29) is 10.8 Å². The van der Waals surface area contributed by atoms with Gasteiger partial charge in [-0.1, -0.05) is 6.42 Å². The topological polar surface area (TPSA) is 106 Å². The maximum absolute atomic E-state index is 12.8. The highest BCUT2D eigenvalue weighted by Crippen LogP contribution is 2.24. The Labute approximate surface area is 198 Å². The first kappa shape index (κ1) is 22.7. The van der Waals surface area contributed by atoms with Gasteiger partial charge in [-0.05, 0) is 61.4 Å². The molecule has 2 aliphatic rings. The first-order valence-electron chi connectivity index (χ1n) is 11.5. The average molecular weight is 482 g/mol. The summed E-state index contributed by atoms with van der Waals surface area (Å²) in [7, 11) is -3.59. The number of nitrogens with zero attached hydrogens (tertiary/aromatic N) is 4. The molecule has 5 rings (SSSR count). The number of ether oxygens (including phenoxy) is 1. The second-order valence-electron chi connectivity index (χ2n) is 8.47. The molecule has 1 N–H and O–H groups in total. The lowest BCUT2D eigenvalue weighted by Gasteiger charge is -2.26. The zero-order valence-electron chi connectivity index (χ0n) is 18.8. The van der Waals surface area contributed by atoms with Crippen LogP contribution in [-0.2, 0) is 27.7 Å². The van der Waals surface area contributed by atoms with Crippen molar-refractivity contribution in [1.29, 1.82) is 0 Å². The Kier molecular flexibility index (Phi) is 6.44. The summed E-state index contributed by atoms with van der Waals surface area (Å²) in [5, 5.41) is 11.6. The molecule has 1 amide bonds. The van der Waals surface area contributed by atoms with Gasteiger partial charge in [0.25, 0.3) is 5.91 Å². The van der Waals surface area contributed by atoms with Crippen molar-refractivity contribution in [3.05, 3.63) is 59.9 Å². The Hall–Kier alpha value is -3.08. The quantitative estimate of drug-likeness (QED) is 0.601. The van der Waals surface area contributed by atoms with E-state index in [1.807, 2.05) is 24.3 Å². The van der Waals surface area contributed by atoms with E-state index in [2.05, 4.69) is 20.1 Å². The van der Waals surface area contributed by atoms with Crippen LogP contribution in [-0.4, -0.2) is 59.7 Å². The molecule has 0 saturated carbocycles. The minimum atomic E-state index is -3.59. The van der Waals surface area contributed by atoms with E-state index in [9.17, 15) is 13.2 Å². The summed E-state index contributed by atoms with van der Waals surface area (Å²) in [6, 6.07) is 13.5. The number of morpholine rings is 1. The van der Waals surface area contributed by atoms with Gasteiger partial charge in [-0.2, -0.15) is 4.31 Å². The molecule has 0 unspecified atom stereocenters. The number of fused-ring (bicyclic) bond motifs is 1. The SMILES string of the molecule is O=C(Nc1ccc(-c2nnc3n2CCCCC3)cc1)c1ccc(S(=O)(=O)N2CCOCC2)cc1. The van der Waals surface area contributed by atoms with Crippen LogP contribution in [0.15, 0.2) is 53.4 Å². The fourth-order valence-corrected chi connectivity index (χ4v) is 5.73. The zero-order chi connectivity index (χ0) is 23.5. The summed E-state index contributed by atoms with van der Waals surface area (Å²) in [6.45, 7) is 2.36. The van der Waals surface area contributed by atoms with Crippen LogP contribution in [0.5, 0.6) is 0 Å². The lowest BCUT2D eigenvalue weighted by molar-refractivity contribution is 0.0730. The van der Waals surface area contributed by atoms with Gasteiger partial charge in [0.2, 0.25) is 10.0 Å². The van der Waals surface area contributed by atoms with Gasteiger partial charge in [0.05, 0.1) is 18.1 Å². The van der Waals surface area contributed by atoms with Gasteiger partial charge in [0.1, 0.15) is 5.82 Å². The van der Waals surface area contributed by atoms with Crippen molar-refractivity contribution in [2.24, 2.45) is 0 Å². The highest BCUT2D eigenvalue weighted by Gasteiger charge is 2.26. The Morgan fingerprint density at radius 2 is 1.62 bits per heavy atom. The third-order valence-electron chi connectivity index (χ3n) is 6.23. The molecule has 1 saturated heterocycles. The second kappa shape index (κ2) is 9.65. The number of rotatable bonds is 5. The van der Waals surface area contributed by atoms with E-state index in [4.69, 9.17) is 4.74 Å². The number of aromatic nitrogens is 3. The minimum Gasteiger partial charge on any atom is -0.379 e. The van der Waals surface area contributed by atoms with Crippen molar-refractivity contribution in [3.63, 3.8) is 0 Å². The van der Waals surface area contributed by atoms with Gasteiger partial charge >= 0.3 is 0 Å². The number of nitrogens with one attached hydrogen (secondary N) is 1. The second-order valence-corrected chi connectivity index (χ2v) is 10.4. The van der Waals surface area contributed by atoms with Gasteiger partial charge < -0.3 is 14.6 Å². The Morgan fingerprint density at radius 3 is 2.35 bits per heavy atom. The lowest BCUT2D eigenvalue weighted by Crippen LogP contribution is -2.40. The fraction of sp³-hybridized carbons (Fsp3) is 0.375. The lowest BCUT2D eigenvalue weighted by atomic mass is 10.1. The largest absolute Gasteiger partial charge is 0.379 e. The number of hydrogen-bond donors (Lipinski definition) is 1. The molecule has 34 heavy (non-hydrogen) atoms. The summed E-state index contributed by atoms with van der Waals surface area (Å²) in [5.74, 6) is 1.58. The molecule has 0 atom stereocenters. The van der Waals surface area contributed by atoms with Crippen molar-refractivity contribution >= 4 is 21.6 Å². The van der Waals surface area contributed by atoms with Crippen LogP contribution in [0.3, 0.4) is 0 Å². The van der Waals surface area contributed by atoms with E-state index >= 15 is 0 Å². The molecule has 3 heterocycles. The average Bonchev–Trinajstić information content (AvgIpc) is 3.13. The molecule has 0 radical (unpaired) electrons. The molecule has 2 aromatic carbocycles. The maximum Gasteiger partial charge on any atom is 0.255 e. The molecule has 1 aromatic heterocycles. The monoisotopic (exact) mass is 481 g/mol. The molecule has 178 valence electrons. The molecule has 0 bridgehead atoms. The third kappa shape index (κ3) is 4.61. The van der Waals surface area contributed by atoms with Crippen molar-refractivity contribution in [2.75, 3.05) is 31.6 Å². The van der Waals surface area contributed by atoms with E-state index in [1.54, 1.807) is 0 Å². The number of sulfonamides is 1. The van der Waals surface area contributed by atoms with Crippen LogP contribution < -0.4 is 5.32 Å². The predicted octanol–water partition coefficient (Wildman–Crippen LogP) is 2.94. The number of benzene rings is 2.